The molecule has 1 aliphatic carbocycles. The van der Waals surface area contributed by atoms with E-state index in [1.165, 1.54) is 0 Å². The van der Waals surface area contributed by atoms with Gasteiger partial charge in [0, 0.05) is 23.7 Å². The number of oxazole rings is 1. The van der Waals surface area contributed by atoms with Gasteiger partial charge in [-0.25, -0.2) is 0 Å². The fraction of sp³-hybridized carbons (Fsp3) is 0.179. The van der Waals surface area contributed by atoms with Crippen molar-refractivity contribution in [3.63, 3.8) is 0 Å². The number of hydrogen-bond acceptors (Lipinski definition) is 6. The maximum absolute atomic E-state index is 12.5. The highest BCUT2D eigenvalue weighted by Crippen LogP contribution is 2.29. The highest BCUT2D eigenvalue weighted by molar-refractivity contribution is 5.99. The fourth-order valence-electron chi connectivity index (χ4n) is 3.61. The highest BCUT2D eigenvalue weighted by atomic mass is 16.5. The van der Waals surface area contributed by atoms with Gasteiger partial charge in [-0.2, -0.15) is 4.98 Å². The summed E-state index contributed by atoms with van der Waals surface area (Å²) in [5, 5.41) is 12.4. The minimum atomic E-state index is -1.10. The molecule has 4 aromatic rings. The molecule has 0 saturated carbocycles. The van der Waals surface area contributed by atoms with Gasteiger partial charge < -0.3 is 19.6 Å². The zero-order chi connectivity index (χ0) is 24.6. The summed E-state index contributed by atoms with van der Waals surface area (Å²) in [4.78, 5) is 28.2. The Morgan fingerprint density at radius 3 is 2.29 bits per heavy atom. The number of hydrogen-bond donors (Lipinski definition) is 2. The van der Waals surface area contributed by atoms with E-state index in [0.29, 0.717) is 17.2 Å². The molecule has 3 aromatic carbocycles. The molecule has 1 aliphatic rings. The monoisotopic (exact) mass is 468 g/mol. The maximum Gasteiger partial charge on any atom is 0.309 e. The van der Waals surface area contributed by atoms with Crippen LogP contribution in [-0.4, -0.2) is 27.9 Å². The summed E-state index contributed by atoms with van der Waals surface area (Å²) in [6.07, 6.45) is 3.97. The number of aromatic nitrogens is 1. The van der Waals surface area contributed by atoms with Gasteiger partial charge in [-0.3, -0.25) is 9.59 Å². The first-order valence-electron chi connectivity index (χ1n) is 11.3. The third-order valence-electron chi connectivity index (χ3n) is 5.84. The Balaban J connectivity index is 1.25. The quantitative estimate of drug-likeness (QED) is 0.221. The number of benzene rings is 3. The van der Waals surface area contributed by atoms with E-state index in [2.05, 4.69) is 10.3 Å². The van der Waals surface area contributed by atoms with Gasteiger partial charge >= 0.3 is 5.97 Å². The Bertz CT molecular complexity index is 1430. The molecule has 1 heterocycles. The van der Waals surface area contributed by atoms with Gasteiger partial charge in [-0.15, -0.1) is 0 Å². The number of fused-ring (bicyclic) bond motifs is 1. The lowest BCUT2D eigenvalue weighted by molar-refractivity contribution is -0.146. The second-order valence-electron chi connectivity index (χ2n) is 9.18. The van der Waals surface area contributed by atoms with Crippen molar-refractivity contribution in [2.24, 2.45) is 5.41 Å². The average Bonchev–Trinajstić information content (AvgIpc) is 3.56. The minimum absolute atomic E-state index is 0.0517. The first kappa shape index (κ1) is 22.4. The molecule has 0 bridgehead atoms. The number of rotatable bonds is 9. The fourth-order valence-corrected chi connectivity index (χ4v) is 3.61. The van der Waals surface area contributed by atoms with Gasteiger partial charge in [-0.05, 0) is 61.4 Å². The average molecular weight is 469 g/mol. The van der Waals surface area contributed by atoms with Crippen molar-refractivity contribution < 1.29 is 23.8 Å². The lowest BCUT2D eigenvalue weighted by Crippen LogP contribution is -2.26. The van der Waals surface area contributed by atoms with E-state index >= 15 is 0 Å². The second kappa shape index (κ2) is 8.76. The Kier molecular flexibility index (Phi) is 5.61. The van der Waals surface area contributed by atoms with Crippen LogP contribution in [0.15, 0.2) is 83.3 Å². The molecule has 35 heavy (non-hydrogen) atoms. The summed E-state index contributed by atoms with van der Waals surface area (Å²) < 4.78 is 11.5. The van der Waals surface area contributed by atoms with Gasteiger partial charge in [0.1, 0.15) is 17.4 Å². The molecular formula is C28H24N2O5. The SMILES string of the molecule is CC(C)(CC(=O)c1ccc(-c2ccc(Nc3nc4ccc(OC5C=C5)cc4o3)cc2)cc1)C(=O)O. The molecule has 0 atom stereocenters. The van der Waals surface area contributed by atoms with Crippen molar-refractivity contribution in [2.45, 2.75) is 26.4 Å². The van der Waals surface area contributed by atoms with Crippen molar-refractivity contribution in [2.75, 3.05) is 5.32 Å². The van der Waals surface area contributed by atoms with Crippen LogP contribution in [0.3, 0.4) is 0 Å². The number of ether oxygens (including phenoxy) is 1. The number of ketones is 1. The van der Waals surface area contributed by atoms with Gasteiger partial charge in [0.05, 0.1) is 5.41 Å². The number of anilines is 2. The van der Waals surface area contributed by atoms with Crippen molar-refractivity contribution >= 4 is 34.6 Å². The number of nitrogens with zero attached hydrogens (tertiary/aromatic N) is 1. The maximum atomic E-state index is 12.5. The molecule has 1 aromatic heterocycles. The summed E-state index contributed by atoms with van der Waals surface area (Å²) in [6.45, 7) is 3.10. The molecule has 7 heteroatoms. The normalized spacial score (nSPS) is 13.1. The minimum Gasteiger partial charge on any atom is -0.482 e. The third-order valence-corrected chi connectivity index (χ3v) is 5.84. The Morgan fingerprint density at radius 2 is 1.66 bits per heavy atom. The summed E-state index contributed by atoms with van der Waals surface area (Å²) in [5.74, 6) is -0.443. The first-order chi connectivity index (χ1) is 16.8. The lowest BCUT2D eigenvalue weighted by Gasteiger charge is -2.17. The highest BCUT2D eigenvalue weighted by Gasteiger charge is 2.30. The van der Waals surface area contributed by atoms with Crippen LogP contribution >= 0.6 is 0 Å². The molecule has 2 N–H and O–H groups in total. The Morgan fingerprint density at radius 1 is 1.00 bits per heavy atom. The molecule has 0 radical (unpaired) electrons. The van der Waals surface area contributed by atoms with Crippen molar-refractivity contribution in [1.29, 1.82) is 0 Å². The third kappa shape index (κ3) is 5.09. The topological polar surface area (TPSA) is 102 Å². The number of aliphatic carboxylic acids is 1. The van der Waals surface area contributed by atoms with E-state index in [0.717, 1.165) is 28.1 Å². The van der Waals surface area contributed by atoms with Crippen LogP contribution in [0.2, 0.25) is 0 Å². The van der Waals surface area contributed by atoms with Crippen LogP contribution in [0.1, 0.15) is 30.6 Å². The predicted octanol–water partition coefficient (Wildman–Crippen LogP) is 6.24. The van der Waals surface area contributed by atoms with Crippen molar-refractivity contribution in [1.82, 2.24) is 4.98 Å². The molecule has 7 nitrogen and oxygen atoms in total. The van der Waals surface area contributed by atoms with E-state index in [9.17, 15) is 14.7 Å². The lowest BCUT2D eigenvalue weighted by atomic mass is 9.85. The summed E-state index contributed by atoms with van der Waals surface area (Å²) in [7, 11) is 0. The molecule has 0 spiro atoms. The van der Waals surface area contributed by atoms with Gasteiger partial charge in [-0.1, -0.05) is 36.4 Å². The molecular weight excluding hydrogens is 444 g/mol. The van der Waals surface area contributed by atoms with E-state index < -0.39 is 11.4 Å². The Labute approximate surface area is 202 Å². The summed E-state index contributed by atoms with van der Waals surface area (Å²) >= 11 is 0. The predicted molar refractivity (Wildman–Crippen MR) is 133 cm³/mol. The van der Waals surface area contributed by atoms with E-state index in [4.69, 9.17) is 9.15 Å². The zero-order valence-electron chi connectivity index (χ0n) is 19.3. The molecule has 5 rings (SSSR count). The number of nitrogens with one attached hydrogen (secondary N) is 1. The standard InChI is InChI=1S/C28H24N2O5/c1-28(2,26(32)33)16-24(31)19-5-3-17(4-6-19)18-7-9-20(10-8-18)29-27-30-23-14-13-22(15-25(23)35-27)34-21-11-12-21/h3-15,21H,16H2,1-2H3,(H,29,30)(H,32,33). The number of carbonyl (C=O) groups excluding carboxylic acids is 1. The van der Waals surface area contributed by atoms with E-state index in [-0.39, 0.29) is 18.3 Å². The van der Waals surface area contributed by atoms with Gasteiger partial charge in [0.15, 0.2) is 11.4 Å². The molecule has 0 unspecified atom stereocenters. The molecule has 0 fully saturated rings. The molecule has 176 valence electrons. The van der Waals surface area contributed by atoms with Gasteiger partial charge in [0.25, 0.3) is 6.01 Å². The van der Waals surface area contributed by atoms with Crippen LogP contribution in [0.4, 0.5) is 11.7 Å². The first-order valence-corrected chi connectivity index (χ1v) is 11.3. The van der Waals surface area contributed by atoms with Crippen LogP contribution in [0, 0.1) is 5.41 Å². The van der Waals surface area contributed by atoms with Crippen LogP contribution < -0.4 is 10.1 Å². The van der Waals surface area contributed by atoms with E-state index in [1.807, 2.05) is 66.7 Å². The number of carboxylic acid groups (broad SMARTS) is 1. The Hall–Kier alpha value is -4.39. The van der Waals surface area contributed by atoms with Crippen LogP contribution in [0.5, 0.6) is 5.75 Å². The number of carbonyl (C=O) groups is 2. The molecule has 0 aliphatic heterocycles. The van der Waals surface area contributed by atoms with Crippen LogP contribution in [0.25, 0.3) is 22.2 Å². The molecule has 0 saturated heterocycles. The molecule has 0 amide bonds. The second-order valence-corrected chi connectivity index (χ2v) is 9.18. The zero-order valence-corrected chi connectivity index (χ0v) is 19.3. The number of carboxylic acids is 1. The number of Topliss-reactive ketones (excluding diaryl/α,β-unsaturated/α-hetero) is 1. The smallest absolute Gasteiger partial charge is 0.309 e. The summed E-state index contributed by atoms with van der Waals surface area (Å²) in [5.41, 5.74) is 3.53. The largest absolute Gasteiger partial charge is 0.482 e. The van der Waals surface area contributed by atoms with Gasteiger partial charge in [0.2, 0.25) is 0 Å². The summed E-state index contributed by atoms with van der Waals surface area (Å²) in [6, 6.07) is 20.9. The van der Waals surface area contributed by atoms with Crippen LogP contribution in [-0.2, 0) is 4.79 Å². The van der Waals surface area contributed by atoms with Crippen molar-refractivity contribution in [3.8, 4) is 16.9 Å². The van der Waals surface area contributed by atoms with Crippen molar-refractivity contribution in [3.05, 3.63) is 84.4 Å². The van der Waals surface area contributed by atoms with E-state index in [1.54, 1.807) is 26.0 Å².